The molecule has 0 heterocycles. The van der Waals surface area contributed by atoms with Crippen molar-refractivity contribution in [1.29, 1.82) is 0 Å². The molecule has 0 spiro atoms. The van der Waals surface area contributed by atoms with Gasteiger partial charge in [-0.3, -0.25) is 10.1 Å². The highest BCUT2D eigenvalue weighted by Crippen LogP contribution is 2.30. The summed E-state index contributed by atoms with van der Waals surface area (Å²) in [6, 6.07) is 11.7. The first-order valence-corrected chi connectivity index (χ1v) is 7.95. The molecule has 0 aliphatic carbocycles. The summed E-state index contributed by atoms with van der Waals surface area (Å²) in [5.74, 6) is 2.05. The van der Waals surface area contributed by atoms with Crippen molar-refractivity contribution >= 4 is 5.69 Å². The molecule has 0 radical (unpaired) electrons. The predicted octanol–water partition coefficient (Wildman–Crippen LogP) is 3.85. The fourth-order valence-electron chi connectivity index (χ4n) is 2.05. The molecule has 0 fully saturated rings. The minimum absolute atomic E-state index is 0.142. The number of benzene rings is 2. The minimum Gasteiger partial charge on any atom is -0.496 e. The van der Waals surface area contributed by atoms with Crippen LogP contribution in [-0.2, 0) is 0 Å². The van der Waals surface area contributed by atoms with E-state index in [2.05, 4.69) is 0 Å². The van der Waals surface area contributed by atoms with Gasteiger partial charge in [0.25, 0.3) is 0 Å². The van der Waals surface area contributed by atoms with Crippen LogP contribution in [0.4, 0.5) is 5.69 Å². The van der Waals surface area contributed by atoms with Crippen LogP contribution in [0.5, 0.6) is 23.0 Å². The lowest BCUT2D eigenvalue weighted by Crippen LogP contribution is -2.10. The van der Waals surface area contributed by atoms with Crippen LogP contribution in [0.2, 0.25) is 0 Å². The Morgan fingerprint density at radius 2 is 1.44 bits per heavy atom. The molecule has 0 N–H and O–H groups in total. The number of rotatable bonds is 10. The zero-order valence-corrected chi connectivity index (χ0v) is 14.3. The Kier molecular flexibility index (Phi) is 6.88. The SMILES string of the molecule is CCCOc1ccc(OCCOc2ccc(OC)cc2[N+](=O)[O-])cc1. The third kappa shape index (κ3) is 5.56. The third-order valence-electron chi connectivity index (χ3n) is 3.27. The van der Waals surface area contributed by atoms with Crippen molar-refractivity contribution in [3.05, 3.63) is 52.6 Å². The van der Waals surface area contributed by atoms with Gasteiger partial charge in [-0.15, -0.1) is 0 Å². The van der Waals surface area contributed by atoms with Crippen LogP contribution in [-0.4, -0.2) is 31.9 Å². The van der Waals surface area contributed by atoms with Gasteiger partial charge in [0.05, 0.1) is 24.7 Å². The summed E-state index contributed by atoms with van der Waals surface area (Å²) in [5.41, 5.74) is -0.142. The molecule has 2 rings (SSSR count). The Hall–Kier alpha value is -2.96. The van der Waals surface area contributed by atoms with E-state index >= 15 is 0 Å². The number of hydrogen-bond acceptors (Lipinski definition) is 6. The third-order valence-corrected chi connectivity index (χ3v) is 3.27. The average molecular weight is 347 g/mol. The Bertz CT molecular complexity index is 686. The van der Waals surface area contributed by atoms with Gasteiger partial charge < -0.3 is 18.9 Å². The van der Waals surface area contributed by atoms with E-state index in [0.29, 0.717) is 18.1 Å². The van der Waals surface area contributed by atoms with E-state index < -0.39 is 4.92 Å². The van der Waals surface area contributed by atoms with Gasteiger partial charge >= 0.3 is 5.69 Å². The van der Waals surface area contributed by atoms with E-state index in [4.69, 9.17) is 18.9 Å². The lowest BCUT2D eigenvalue weighted by atomic mass is 10.3. The van der Waals surface area contributed by atoms with Gasteiger partial charge in [0.2, 0.25) is 0 Å². The molecule has 134 valence electrons. The van der Waals surface area contributed by atoms with Crippen LogP contribution in [0.1, 0.15) is 13.3 Å². The molecule has 0 unspecified atom stereocenters. The maximum atomic E-state index is 11.1. The average Bonchev–Trinajstić information content (AvgIpc) is 2.64. The highest BCUT2D eigenvalue weighted by molar-refractivity contribution is 5.50. The van der Waals surface area contributed by atoms with Crippen molar-refractivity contribution in [3.8, 4) is 23.0 Å². The Balaban J connectivity index is 1.84. The second kappa shape index (κ2) is 9.36. The van der Waals surface area contributed by atoms with Gasteiger partial charge in [0.15, 0.2) is 5.75 Å². The zero-order chi connectivity index (χ0) is 18.1. The van der Waals surface area contributed by atoms with E-state index in [1.807, 2.05) is 19.1 Å². The Labute approximate surface area is 146 Å². The van der Waals surface area contributed by atoms with Gasteiger partial charge in [0, 0.05) is 0 Å². The van der Waals surface area contributed by atoms with Gasteiger partial charge in [-0.25, -0.2) is 0 Å². The number of nitro benzene ring substituents is 1. The molecule has 0 aromatic heterocycles. The van der Waals surface area contributed by atoms with Crippen LogP contribution in [0.15, 0.2) is 42.5 Å². The van der Waals surface area contributed by atoms with E-state index in [-0.39, 0.29) is 24.7 Å². The van der Waals surface area contributed by atoms with Crippen LogP contribution < -0.4 is 18.9 Å². The second-order valence-corrected chi connectivity index (χ2v) is 5.11. The fourth-order valence-corrected chi connectivity index (χ4v) is 2.05. The topological polar surface area (TPSA) is 80.1 Å². The summed E-state index contributed by atoms with van der Waals surface area (Å²) in [4.78, 5) is 10.6. The van der Waals surface area contributed by atoms with Crippen molar-refractivity contribution in [3.63, 3.8) is 0 Å². The summed E-state index contributed by atoms with van der Waals surface area (Å²) in [7, 11) is 1.45. The first-order valence-electron chi connectivity index (χ1n) is 7.95. The molecule has 2 aromatic carbocycles. The largest absolute Gasteiger partial charge is 0.496 e. The lowest BCUT2D eigenvalue weighted by molar-refractivity contribution is -0.385. The van der Waals surface area contributed by atoms with Crippen molar-refractivity contribution in [2.75, 3.05) is 26.9 Å². The fraction of sp³-hybridized carbons (Fsp3) is 0.333. The summed E-state index contributed by atoms with van der Waals surface area (Å²) < 4.78 is 21.5. The minimum atomic E-state index is -0.506. The molecule has 0 bridgehead atoms. The molecule has 7 heteroatoms. The monoisotopic (exact) mass is 347 g/mol. The van der Waals surface area contributed by atoms with Crippen molar-refractivity contribution in [2.45, 2.75) is 13.3 Å². The summed E-state index contributed by atoms with van der Waals surface area (Å²) in [5, 5.41) is 11.1. The number of hydrogen-bond donors (Lipinski definition) is 0. The highest BCUT2D eigenvalue weighted by Gasteiger charge is 2.16. The zero-order valence-electron chi connectivity index (χ0n) is 14.3. The molecular formula is C18H21NO6. The van der Waals surface area contributed by atoms with Crippen LogP contribution in [0.25, 0.3) is 0 Å². The highest BCUT2D eigenvalue weighted by atomic mass is 16.6. The van der Waals surface area contributed by atoms with E-state index in [1.165, 1.54) is 19.2 Å². The van der Waals surface area contributed by atoms with E-state index in [9.17, 15) is 10.1 Å². The molecule has 0 atom stereocenters. The van der Waals surface area contributed by atoms with Crippen molar-refractivity contribution < 1.29 is 23.9 Å². The molecule has 0 aliphatic heterocycles. The molecule has 0 saturated heterocycles. The number of nitrogens with zero attached hydrogens (tertiary/aromatic N) is 1. The summed E-state index contributed by atoms with van der Waals surface area (Å²) >= 11 is 0. The van der Waals surface area contributed by atoms with Crippen LogP contribution in [0, 0.1) is 10.1 Å². The number of ether oxygens (including phenoxy) is 4. The van der Waals surface area contributed by atoms with Gasteiger partial charge in [0.1, 0.15) is 30.5 Å². The lowest BCUT2D eigenvalue weighted by Gasteiger charge is -2.10. The maximum Gasteiger partial charge on any atom is 0.314 e. The van der Waals surface area contributed by atoms with Gasteiger partial charge in [-0.1, -0.05) is 6.92 Å². The van der Waals surface area contributed by atoms with Crippen LogP contribution >= 0.6 is 0 Å². The number of nitro groups is 1. The Morgan fingerprint density at radius 3 is 2.00 bits per heavy atom. The standard InChI is InChI=1S/C18H21NO6/c1-3-10-23-14-4-6-15(7-5-14)24-11-12-25-18-9-8-16(22-2)13-17(18)19(20)21/h4-9,13H,3,10-12H2,1-2H3. The van der Waals surface area contributed by atoms with Crippen molar-refractivity contribution in [1.82, 2.24) is 0 Å². The predicted molar refractivity (Wildman–Crippen MR) is 92.9 cm³/mol. The number of methoxy groups -OCH3 is 1. The molecule has 2 aromatic rings. The molecular weight excluding hydrogens is 326 g/mol. The smallest absolute Gasteiger partial charge is 0.314 e. The second-order valence-electron chi connectivity index (χ2n) is 5.11. The molecule has 0 aliphatic rings. The Morgan fingerprint density at radius 1 is 0.880 bits per heavy atom. The van der Waals surface area contributed by atoms with Crippen molar-refractivity contribution in [2.24, 2.45) is 0 Å². The van der Waals surface area contributed by atoms with E-state index in [1.54, 1.807) is 18.2 Å². The summed E-state index contributed by atoms with van der Waals surface area (Å²) in [6.07, 6.45) is 0.951. The quantitative estimate of drug-likeness (QED) is 0.369. The molecule has 0 amide bonds. The van der Waals surface area contributed by atoms with E-state index in [0.717, 1.165) is 12.2 Å². The van der Waals surface area contributed by atoms with Gasteiger partial charge in [-0.2, -0.15) is 0 Å². The normalized spacial score (nSPS) is 10.2. The first-order chi connectivity index (χ1) is 12.1. The molecule has 0 saturated carbocycles. The first kappa shape index (κ1) is 18.4. The maximum absolute atomic E-state index is 11.1. The van der Waals surface area contributed by atoms with Gasteiger partial charge in [-0.05, 0) is 42.8 Å². The summed E-state index contributed by atoms with van der Waals surface area (Å²) in [6.45, 7) is 3.17. The van der Waals surface area contributed by atoms with Crippen LogP contribution in [0.3, 0.4) is 0 Å². The molecule has 25 heavy (non-hydrogen) atoms. The molecule has 7 nitrogen and oxygen atoms in total.